The van der Waals surface area contributed by atoms with Gasteiger partial charge in [-0.25, -0.2) is 23.2 Å². The number of carbonyl (C=O) groups is 4. The molecule has 0 saturated carbocycles. The van der Waals surface area contributed by atoms with Gasteiger partial charge in [0.05, 0.1) is 34.9 Å². The zero-order chi connectivity index (χ0) is 70.1. The van der Waals surface area contributed by atoms with Gasteiger partial charge in [-0.15, -0.1) is 0 Å². The van der Waals surface area contributed by atoms with Crippen molar-refractivity contribution >= 4 is 102 Å². The molecule has 0 radical (unpaired) electrons. The number of likely N-dealkylation sites (N-methyl/N-ethyl adjacent to an activating group) is 2. The van der Waals surface area contributed by atoms with Crippen LogP contribution in [0, 0.1) is 11.6 Å². The molecule has 1 N–H and O–H groups in total. The van der Waals surface area contributed by atoms with Crippen LogP contribution in [-0.4, -0.2) is 201 Å². The Balaban J connectivity index is 0.000000168. The predicted molar refractivity (Wildman–Crippen MR) is 372 cm³/mol. The van der Waals surface area contributed by atoms with Gasteiger partial charge in [0.2, 0.25) is 5.91 Å². The third kappa shape index (κ3) is 14.3. The van der Waals surface area contributed by atoms with Gasteiger partial charge in [0.15, 0.2) is 18.4 Å². The number of pyridine rings is 2. The minimum Gasteiger partial charge on any atom is -0.508 e. The van der Waals surface area contributed by atoms with Crippen LogP contribution in [0.4, 0.5) is 25.2 Å². The molecule has 99 heavy (non-hydrogen) atoms. The summed E-state index contributed by atoms with van der Waals surface area (Å²) >= 11 is 13.2. The molecule has 6 atom stereocenters. The Hall–Kier alpha value is -9.40. The largest absolute Gasteiger partial charge is 0.508 e. The number of nitrogens with zero attached hydrogens (tertiary/aromatic N) is 12. The minimum atomic E-state index is -0.764. The summed E-state index contributed by atoms with van der Waals surface area (Å²) in [4.78, 5) is 85.9. The highest BCUT2D eigenvalue weighted by Crippen LogP contribution is 2.46. The molecule has 2 amide bonds. The average Bonchev–Trinajstić information content (AvgIpc) is 1.73. The van der Waals surface area contributed by atoms with Gasteiger partial charge in [0.1, 0.15) is 64.4 Å². The van der Waals surface area contributed by atoms with Gasteiger partial charge >= 0.3 is 30.1 Å². The number of ether oxygens (including phenoxy) is 6. The molecule has 518 valence electrons. The smallest absolute Gasteiger partial charge is 0.410 e. The zero-order valence-corrected chi connectivity index (χ0v) is 57.3. The Bertz CT molecular complexity index is 4490. The molecule has 0 spiro atoms. The number of aromatic nitrogens is 6. The van der Waals surface area contributed by atoms with Crippen molar-refractivity contribution in [2.75, 3.05) is 90.3 Å². The Morgan fingerprint density at radius 2 is 1.13 bits per heavy atom. The number of benzene rings is 4. The predicted octanol–water partition coefficient (Wildman–Crippen LogP) is 11.5. The van der Waals surface area contributed by atoms with Crippen molar-refractivity contribution in [2.24, 2.45) is 0 Å². The third-order valence-electron chi connectivity index (χ3n) is 18.9. The van der Waals surface area contributed by atoms with Gasteiger partial charge in [0.25, 0.3) is 0 Å². The second-order valence-electron chi connectivity index (χ2n) is 26.1. The third-order valence-corrected chi connectivity index (χ3v) is 19.5. The number of carbonyl (C=O) groups excluding carboxylic acids is 4. The van der Waals surface area contributed by atoms with Gasteiger partial charge in [-0.3, -0.25) is 14.8 Å². The Morgan fingerprint density at radius 3 is 1.61 bits per heavy atom. The summed E-state index contributed by atoms with van der Waals surface area (Å²) in [5.41, 5.74) is 0.501. The summed E-state index contributed by atoms with van der Waals surface area (Å²) < 4.78 is 66.3. The van der Waals surface area contributed by atoms with Crippen molar-refractivity contribution in [3.63, 3.8) is 0 Å². The lowest BCUT2D eigenvalue weighted by Gasteiger charge is -2.47. The van der Waals surface area contributed by atoms with E-state index in [4.69, 9.17) is 56.9 Å². The van der Waals surface area contributed by atoms with Gasteiger partial charge in [-0.1, -0.05) is 67.2 Å². The zero-order valence-electron chi connectivity index (χ0n) is 55.8. The van der Waals surface area contributed by atoms with E-state index in [0.29, 0.717) is 105 Å². The maximum Gasteiger partial charge on any atom is 0.410 e. The van der Waals surface area contributed by atoms with E-state index in [0.717, 1.165) is 69.2 Å². The van der Waals surface area contributed by atoms with Crippen LogP contribution in [0.1, 0.15) is 59.3 Å². The van der Waals surface area contributed by atoms with Crippen LogP contribution in [0.3, 0.4) is 0 Å². The normalized spacial score (nSPS) is 20.3. The second kappa shape index (κ2) is 29.2. The number of phenolic OH excluding ortho intramolecular Hbond substituents is 1. The fraction of sp³-hybridized carbons (Fsp3) is 0.389. The van der Waals surface area contributed by atoms with Crippen molar-refractivity contribution in [3.05, 3.63) is 133 Å². The van der Waals surface area contributed by atoms with E-state index in [1.165, 1.54) is 19.3 Å². The van der Waals surface area contributed by atoms with E-state index in [9.17, 15) is 24.3 Å². The molecule has 6 fully saturated rings. The molecular weight excluding hydrogens is 1320 g/mol. The molecule has 0 unspecified atom stereocenters. The first-order chi connectivity index (χ1) is 47.6. The van der Waals surface area contributed by atoms with E-state index in [1.807, 2.05) is 43.9 Å². The van der Waals surface area contributed by atoms with Gasteiger partial charge in [0, 0.05) is 102 Å². The number of methoxy groups -OCH3 is 1. The standard InChI is InChI=1S/C35H40ClFN6O5.C31H30ClFN6O3.C6H6O3/c1-35(2,3)48-34(44)42-13-11-26-27(42)17-43(26)32-24-16-38-30(23-15-22(47-19-45-5)14-20-8-6-10-25(36)28(20)23)29(37)31(24)39-33(40-32)46-18-21-9-7-12-41(21)4;1-3-25(41)38-11-9-23-24(38)15-39(23)30-21-14-34-28(20-13-19(40)12-17-6-4-8-22(32)26(17)20)27(33)29(21)35-31(36-30)42-16-18-7-5-10-37(18)2;1-3-5(7)9-6(8)4-2/h6,8,10,14-16,21,26-27H,7,9,11-13,17-19H2,1-5H3;3-4,6,8,12-14,18,23-24,40H,1,5,7,9-11,15-16H2,2H3;3-4H,1-2H2/t21-,26+,27+;18-,23+,24+;/m00./s1. The monoisotopic (exact) mass is 1390 g/mol. The van der Waals surface area contributed by atoms with Crippen molar-refractivity contribution < 1.29 is 61.5 Å². The van der Waals surface area contributed by atoms with Crippen molar-refractivity contribution in [3.8, 4) is 46.0 Å². The molecule has 6 aliphatic rings. The van der Waals surface area contributed by atoms with Gasteiger partial charge in [-0.05, 0) is 140 Å². The molecule has 23 nitrogen and oxygen atoms in total. The van der Waals surface area contributed by atoms with Crippen LogP contribution in [0.25, 0.3) is 65.9 Å². The van der Waals surface area contributed by atoms with Crippen LogP contribution in [0.2, 0.25) is 10.0 Å². The molecule has 4 aromatic heterocycles. The van der Waals surface area contributed by atoms with Gasteiger partial charge < -0.3 is 62.9 Å². The molecule has 27 heteroatoms. The molecule has 8 aromatic rings. The first-order valence-corrected chi connectivity index (χ1v) is 33.4. The second-order valence-corrected chi connectivity index (χ2v) is 26.9. The molecule has 4 aromatic carbocycles. The number of fused-ring (bicyclic) bond motifs is 6. The van der Waals surface area contributed by atoms with Crippen LogP contribution in [0.5, 0.6) is 23.5 Å². The molecule has 6 saturated heterocycles. The van der Waals surface area contributed by atoms with Crippen LogP contribution < -0.4 is 24.0 Å². The lowest BCUT2D eigenvalue weighted by atomic mass is 9.96. The Kier molecular flexibility index (Phi) is 20.5. The Morgan fingerprint density at radius 1 is 0.636 bits per heavy atom. The summed E-state index contributed by atoms with van der Waals surface area (Å²) in [7, 11) is 5.67. The maximum atomic E-state index is 16.9. The maximum absolute atomic E-state index is 16.9. The summed E-state index contributed by atoms with van der Waals surface area (Å²) in [6, 6.07) is 18.0. The van der Waals surface area contributed by atoms with Crippen molar-refractivity contribution in [1.29, 1.82) is 0 Å². The molecule has 10 heterocycles. The number of anilines is 2. The SMILES string of the molecule is C=CC(=O)N1CC[C@@H]2[C@H]1CN2c1nc(OC[C@@H]2CCCN2C)nc2c(F)c(-c3cc(O)cc4cccc(Cl)c34)ncc12.C=CC(=O)OC(=O)C=C.COCOc1cc(-c2ncc3c(N4C[C@@H]5[C@H]4CCN5C(=O)OC(C)(C)C)nc(OC[C@@H]4CCCN4C)nc3c2F)c2c(Cl)cccc2c1. The van der Waals surface area contributed by atoms with Crippen molar-refractivity contribution in [1.82, 2.24) is 49.5 Å². The summed E-state index contributed by atoms with van der Waals surface area (Å²) in [5.74, 6) is -1.38. The fourth-order valence-electron chi connectivity index (χ4n) is 13.9. The van der Waals surface area contributed by atoms with Gasteiger partial charge in [-0.2, -0.15) is 19.9 Å². The van der Waals surface area contributed by atoms with E-state index in [-0.39, 0.29) is 95.2 Å². The highest BCUT2D eigenvalue weighted by atomic mass is 35.5. The number of amides is 2. The molecule has 0 aliphatic carbocycles. The highest BCUT2D eigenvalue weighted by molar-refractivity contribution is 6.37. The number of rotatable bonds is 16. The molecule has 14 rings (SSSR count). The minimum absolute atomic E-state index is 0.00969. The topological polar surface area (TPSA) is 241 Å². The number of hydrogen-bond acceptors (Lipinski definition) is 21. The van der Waals surface area contributed by atoms with E-state index >= 15 is 8.78 Å². The number of phenols is 1. The van der Waals surface area contributed by atoms with Crippen LogP contribution in [-0.2, 0) is 28.6 Å². The van der Waals surface area contributed by atoms with Crippen LogP contribution in [0.15, 0.2) is 111 Å². The fourth-order valence-corrected chi connectivity index (χ4v) is 14.4. The number of halogens is 4. The molecule has 6 aliphatic heterocycles. The quantitative estimate of drug-likeness (QED) is 0.0409. The molecular formula is C72H76Cl2F2N12O11. The van der Waals surface area contributed by atoms with E-state index < -0.39 is 29.2 Å². The number of likely N-dealkylation sites (tertiary alicyclic amines) is 4. The highest BCUT2D eigenvalue weighted by Gasteiger charge is 2.52. The summed E-state index contributed by atoms with van der Waals surface area (Å²) in [5, 5.41) is 14.9. The first-order valence-electron chi connectivity index (χ1n) is 32.7. The van der Waals surface area contributed by atoms with Crippen molar-refractivity contribution in [2.45, 2.75) is 101 Å². The lowest BCUT2D eigenvalue weighted by molar-refractivity contribution is -0.152. The molecule has 0 bridgehead atoms. The number of esters is 2. The Labute approximate surface area is 580 Å². The summed E-state index contributed by atoms with van der Waals surface area (Å²) in [6.07, 6.45) is 11.7. The lowest BCUT2D eigenvalue weighted by Crippen LogP contribution is -2.63. The number of aromatic hydroxyl groups is 1. The van der Waals surface area contributed by atoms with E-state index in [1.54, 1.807) is 53.7 Å². The number of hydrogen-bond donors (Lipinski definition) is 1. The van der Waals surface area contributed by atoms with E-state index in [2.05, 4.69) is 78.1 Å². The first kappa shape index (κ1) is 69.5. The average molecular weight is 1390 g/mol. The van der Waals surface area contributed by atoms with Crippen LogP contribution >= 0.6 is 23.2 Å². The summed E-state index contributed by atoms with van der Waals surface area (Å²) in [6.45, 7) is 20.4.